The number of rotatable bonds is 5. The van der Waals surface area contributed by atoms with Crippen molar-refractivity contribution in [2.75, 3.05) is 4.72 Å². The molecule has 0 atom stereocenters. The molecule has 0 aliphatic carbocycles. The Hall–Kier alpha value is -3.00. The number of benzene rings is 2. The average molecular weight is 329 g/mol. The summed E-state index contributed by atoms with van der Waals surface area (Å²) in [5.74, 6) is -0.488. The van der Waals surface area contributed by atoms with E-state index in [1.165, 1.54) is 24.3 Å². The average Bonchev–Trinajstić information content (AvgIpc) is 3.10. The standard InChI is InChI=1S/C15H11N3O4S/c19-15(14-10-22-18-16-14)12-8-4-5-9-13(12)17-23(20,21)11-6-2-1-3-7-11/h1-10,17H. The van der Waals surface area contributed by atoms with Crippen LogP contribution in [0.2, 0.25) is 0 Å². The van der Waals surface area contributed by atoms with E-state index in [0.717, 1.165) is 6.26 Å². The number of sulfonamides is 1. The largest absolute Gasteiger partial charge is 0.345 e. The van der Waals surface area contributed by atoms with Gasteiger partial charge in [0.2, 0.25) is 5.78 Å². The fraction of sp³-hybridized carbons (Fsp3) is 0. The van der Waals surface area contributed by atoms with Crippen LogP contribution in [0.3, 0.4) is 0 Å². The summed E-state index contributed by atoms with van der Waals surface area (Å²) < 4.78 is 31.8. The third-order valence-corrected chi connectivity index (χ3v) is 4.44. The minimum absolute atomic E-state index is 0.00337. The molecule has 0 bridgehead atoms. The van der Waals surface area contributed by atoms with E-state index in [1.807, 2.05) is 0 Å². The molecule has 0 unspecified atom stereocenters. The van der Waals surface area contributed by atoms with Crippen molar-refractivity contribution in [2.45, 2.75) is 4.90 Å². The van der Waals surface area contributed by atoms with E-state index in [-0.39, 0.29) is 21.8 Å². The molecule has 0 spiro atoms. The number of para-hydroxylation sites is 1. The number of anilines is 1. The zero-order valence-corrected chi connectivity index (χ0v) is 12.5. The molecule has 8 heteroatoms. The van der Waals surface area contributed by atoms with Gasteiger partial charge in [0, 0.05) is 10.8 Å². The van der Waals surface area contributed by atoms with E-state index >= 15 is 0 Å². The molecule has 0 saturated carbocycles. The summed E-state index contributed by atoms with van der Waals surface area (Å²) in [4.78, 5) is 12.5. The quantitative estimate of drug-likeness (QED) is 0.719. The van der Waals surface area contributed by atoms with E-state index in [1.54, 1.807) is 30.3 Å². The lowest BCUT2D eigenvalue weighted by Crippen LogP contribution is -2.16. The Balaban J connectivity index is 1.97. The maximum absolute atomic E-state index is 12.4. The van der Waals surface area contributed by atoms with Crippen LogP contribution in [0, 0.1) is 0 Å². The van der Waals surface area contributed by atoms with Crippen LogP contribution in [-0.4, -0.2) is 24.6 Å². The third-order valence-electron chi connectivity index (χ3n) is 3.06. The molecular weight excluding hydrogens is 318 g/mol. The minimum atomic E-state index is -3.80. The molecule has 2 aromatic carbocycles. The summed E-state index contributed by atoms with van der Waals surface area (Å²) in [7, 11) is -3.80. The van der Waals surface area contributed by atoms with Gasteiger partial charge in [-0.05, 0) is 24.3 Å². The Kier molecular flexibility index (Phi) is 3.90. The molecular formula is C15H11N3O4S. The van der Waals surface area contributed by atoms with Gasteiger partial charge < -0.3 is 4.52 Å². The minimum Gasteiger partial charge on any atom is -0.345 e. The number of hydrogen-bond donors (Lipinski definition) is 1. The maximum atomic E-state index is 12.4. The summed E-state index contributed by atoms with van der Waals surface area (Å²) >= 11 is 0. The molecule has 23 heavy (non-hydrogen) atoms. The fourth-order valence-electron chi connectivity index (χ4n) is 1.97. The Morgan fingerprint density at radius 3 is 2.39 bits per heavy atom. The topological polar surface area (TPSA) is 102 Å². The predicted octanol–water partition coefficient (Wildman–Crippen LogP) is 2.10. The molecule has 0 radical (unpaired) electrons. The van der Waals surface area contributed by atoms with Crippen LogP contribution in [0.4, 0.5) is 5.69 Å². The van der Waals surface area contributed by atoms with Crippen LogP contribution < -0.4 is 4.72 Å². The first-order valence-corrected chi connectivity index (χ1v) is 8.05. The Morgan fingerprint density at radius 2 is 1.70 bits per heavy atom. The monoisotopic (exact) mass is 329 g/mol. The van der Waals surface area contributed by atoms with Crippen molar-refractivity contribution < 1.29 is 17.7 Å². The van der Waals surface area contributed by atoms with Crippen LogP contribution in [0.25, 0.3) is 0 Å². The molecule has 1 heterocycles. The van der Waals surface area contributed by atoms with Crippen molar-refractivity contribution in [3.8, 4) is 0 Å². The molecule has 3 aromatic rings. The van der Waals surface area contributed by atoms with Crippen LogP contribution in [-0.2, 0) is 10.0 Å². The Bertz CT molecular complexity index is 922. The van der Waals surface area contributed by atoms with Crippen molar-refractivity contribution in [2.24, 2.45) is 0 Å². The number of carbonyl (C=O) groups is 1. The van der Waals surface area contributed by atoms with Gasteiger partial charge >= 0.3 is 0 Å². The van der Waals surface area contributed by atoms with Gasteiger partial charge in [-0.25, -0.2) is 8.42 Å². The Morgan fingerprint density at radius 1 is 1.00 bits per heavy atom. The molecule has 0 fully saturated rings. The number of nitrogens with zero attached hydrogens (tertiary/aromatic N) is 2. The molecule has 0 amide bonds. The second kappa shape index (κ2) is 6.01. The highest BCUT2D eigenvalue weighted by atomic mass is 32.2. The van der Waals surface area contributed by atoms with E-state index in [2.05, 4.69) is 19.6 Å². The molecule has 0 saturated heterocycles. The predicted molar refractivity (Wildman–Crippen MR) is 81.4 cm³/mol. The molecule has 1 aromatic heterocycles. The van der Waals surface area contributed by atoms with Gasteiger partial charge in [-0.3, -0.25) is 9.52 Å². The van der Waals surface area contributed by atoms with Crippen molar-refractivity contribution >= 4 is 21.5 Å². The van der Waals surface area contributed by atoms with E-state index in [9.17, 15) is 13.2 Å². The molecule has 116 valence electrons. The summed E-state index contributed by atoms with van der Waals surface area (Å²) in [5, 5.41) is 6.78. The van der Waals surface area contributed by atoms with Gasteiger partial charge in [0.15, 0.2) is 12.0 Å². The lowest BCUT2D eigenvalue weighted by molar-refractivity contribution is 0.103. The fourth-order valence-corrected chi connectivity index (χ4v) is 3.08. The normalized spacial score (nSPS) is 11.1. The van der Waals surface area contributed by atoms with Gasteiger partial charge in [-0.2, -0.15) is 0 Å². The highest BCUT2D eigenvalue weighted by Crippen LogP contribution is 2.22. The highest BCUT2D eigenvalue weighted by molar-refractivity contribution is 7.92. The van der Waals surface area contributed by atoms with Crippen molar-refractivity contribution in [3.63, 3.8) is 0 Å². The maximum Gasteiger partial charge on any atom is 0.261 e. The molecule has 7 nitrogen and oxygen atoms in total. The lowest BCUT2D eigenvalue weighted by atomic mass is 10.1. The third kappa shape index (κ3) is 3.11. The van der Waals surface area contributed by atoms with Crippen LogP contribution in [0.1, 0.15) is 16.1 Å². The number of nitrogens with one attached hydrogen (secondary N) is 1. The number of carbonyl (C=O) groups excluding carboxylic acids is 1. The van der Waals surface area contributed by atoms with Crippen LogP contribution in [0.5, 0.6) is 0 Å². The SMILES string of the molecule is O=C(c1conn1)c1ccccc1NS(=O)(=O)c1ccccc1. The van der Waals surface area contributed by atoms with Crippen molar-refractivity contribution in [1.82, 2.24) is 10.4 Å². The molecule has 0 aliphatic rings. The van der Waals surface area contributed by atoms with Gasteiger partial charge in [0.25, 0.3) is 10.0 Å². The number of ketones is 1. The summed E-state index contributed by atoms with van der Waals surface area (Å²) in [6.45, 7) is 0. The van der Waals surface area contributed by atoms with Crippen LogP contribution in [0.15, 0.2) is 70.3 Å². The number of aromatic nitrogens is 2. The zero-order chi connectivity index (χ0) is 16.3. The van der Waals surface area contributed by atoms with Gasteiger partial charge in [-0.1, -0.05) is 30.3 Å². The Labute approximate surface area is 132 Å². The van der Waals surface area contributed by atoms with Gasteiger partial charge in [0.1, 0.15) is 0 Å². The van der Waals surface area contributed by atoms with Gasteiger partial charge in [0.05, 0.1) is 10.6 Å². The van der Waals surface area contributed by atoms with E-state index < -0.39 is 15.8 Å². The highest BCUT2D eigenvalue weighted by Gasteiger charge is 2.20. The molecule has 3 rings (SSSR count). The summed E-state index contributed by atoms with van der Waals surface area (Å²) in [6, 6.07) is 14.1. The summed E-state index contributed by atoms with van der Waals surface area (Å²) in [6.07, 6.45) is 1.10. The van der Waals surface area contributed by atoms with Gasteiger partial charge in [-0.15, -0.1) is 5.10 Å². The first kappa shape index (κ1) is 14.9. The zero-order valence-electron chi connectivity index (χ0n) is 11.7. The number of hydrogen-bond acceptors (Lipinski definition) is 6. The van der Waals surface area contributed by atoms with Crippen molar-refractivity contribution in [1.29, 1.82) is 0 Å². The lowest BCUT2D eigenvalue weighted by Gasteiger charge is -2.11. The second-order valence-corrected chi connectivity index (χ2v) is 6.27. The first-order chi connectivity index (χ1) is 11.1. The van der Waals surface area contributed by atoms with E-state index in [4.69, 9.17) is 0 Å². The van der Waals surface area contributed by atoms with E-state index in [0.29, 0.717) is 0 Å². The smallest absolute Gasteiger partial charge is 0.261 e. The molecule has 0 aliphatic heterocycles. The van der Waals surface area contributed by atoms with Crippen LogP contribution >= 0.6 is 0 Å². The molecule has 1 N–H and O–H groups in total. The summed E-state index contributed by atoms with van der Waals surface area (Å²) in [5.41, 5.74) is 0.309. The first-order valence-electron chi connectivity index (χ1n) is 6.56. The second-order valence-electron chi connectivity index (χ2n) is 4.58. The van der Waals surface area contributed by atoms with Crippen molar-refractivity contribution in [3.05, 3.63) is 72.1 Å².